The average molecular weight is 333 g/mol. The molecule has 7 heteroatoms. The second-order valence-corrected chi connectivity index (χ2v) is 5.71. The van der Waals surface area contributed by atoms with Gasteiger partial charge in [0, 0.05) is 11.1 Å². The number of halogens is 1. The Morgan fingerprint density at radius 2 is 2.13 bits per heavy atom. The van der Waals surface area contributed by atoms with E-state index in [0.29, 0.717) is 28.3 Å². The van der Waals surface area contributed by atoms with Crippen molar-refractivity contribution in [3.05, 3.63) is 41.6 Å². The van der Waals surface area contributed by atoms with E-state index in [1.165, 1.54) is 0 Å². The van der Waals surface area contributed by atoms with Crippen LogP contribution < -0.4 is 20.7 Å². The summed E-state index contributed by atoms with van der Waals surface area (Å²) in [6.07, 6.45) is 3.69. The third kappa shape index (κ3) is 4.26. The first-order valence-corrected chi connectivity index (χ1v) is 7.66. The highest BCUT2D eigenvalue weighted by Crippen LogP contribution is 2.30. The van der Waals surface area contributed by atoms with E-state index in [1.807, 2.05) is 0 Å². The van der Waals surface area contributed by atoms with Gasteiger partial charge in [0.2, 0.25) is 0 Å². The number of anilines is 3. The van der Waals surface area contributed by atoms with Crippen LogP contribution in [0.4, 0.5) is 22.0 Å². The number of ether oxygens (including phenoxy) is 1. The van der Waals surface area contributed by atoms with Crippen molar-refractivity contribution in [2.45, 2.75) is 18.9 Å². The Morgan fingerprint density at radius 1 is 1.30 bits per heavy atom. The number of aromatic nitrogens is 1. The third-order valence-electron chi connectivity index (χ3n) is 3.36. The number of nitrogens with zero attached hydrogens (tertiary/aromatic N) is 1. The van der Waals surface area contributed by atoms with Crippen molar-refractivity contribution in [1.29, 1.82) is 0 Å². The summed E-state index contributed by atoms with van der Waals surface area (Å²) in [4.78, 5) is 15.9. The van der Waals surface area contributed by atoms with Gasteiger partial charge in [-0.3, -0.25) is 0 Å². The maximum Gasteiger partial charge on any atom is 0.319 e. The molecule has 1 fully saturated rings. The number of pyridine rings is 1. The molecule has 1 aromatic heterocycles. The zero-order valence-electron chi connectivity index (χ0n) is 12.6. The average Bonchev–Trinajstić information content (AvgIpc) is 3.33. The predicted octanol–water partition coefficient (Wildman–Crippen LogP) is 3.77. The molecule has 23 heavy (non-hydrogen) atoms. The molecule has 3 rings (SSSR count). The second kappa shape index (κ2) is 6.75. The van der Waals surface area contributed by atoms with E-state index in [-0.39, 0.29) is 6.03 Å². The number of nitrogens with one attached hydrogen (secondary N) is 3. The molecule has 0 spiro atoms. The third-order valence-corrected chi connectivity index (χ3v) is 3.59. The molecule has 0 atom stereocenters. The number of hydrogen-bond donors (Lipinski definition) is 3. The fourth-order valence-corrected chi connectivity index (χ4v) is 2.21. The van der Waals surface area contributed by atoms with Gasteiger partial charge in [0.05, 0.1) is 24.7 Å². The minimum Gasteiger partial charge on any atom is -0.495 e. The Morgan fingerprint density at radius 3 is 2.78 bits per heavy atom. The number of methoxy groups -OCH3 is 1. The van der Waals surface area contributed by atoms with Crippen LogP contribution >= 0.6 is 11.6 Å². The molecule has 1 aliphatic carbocycles. The monoisotopic (exact) mass is 332 g/mol. The van der Waals surface area contributed by atoms with Crippen LogP contribution in [0.2, 0.25) is 5.02 Å². The predicted molar refractivity (Wildman–Crippen MR) is 90.7 cm³/mol. The van der Waals surface area contributed by atoms with E-state index in [0.717, 1.165) is 18.5 Å². The number of carbonyl (C=O) groups is 1. The zero-order chi connectivity index (χ0) is 16.2. The van der Waals surface area contributed by atoms with Crippen molar-refractivity contribution >= 4 is 34.8 Å². The zero-order valence-corrected chi connectivity index (χ0v) is 13.4. The van der Waals surface area contributed by atoms with Gasteiger partial charge in [-0.2, -0.15) is 0 Å². The van der Waals surface area contributed by atoms with Crippen LogP contribution in [-0.4, -0.2) is 24.2 Å². The molecule has 1 aromatic carbocycles. The summed E-state index contributed by atoms with van der Waals surface area (Å²) in [6.45, 7) is 0. The smallest absolute Gasteiger partial charge is 0.319 e. The lowest BCUT2D eigenvalue weighted by Crippen LogP contribution is -2.30. The Labute approximate surface area is 139 Å². The van der Waals surface area contributed by atoms with Gasteiger partial charge in [-0.15, -0.1) is 0 Å². The van der Waals surface area contributed by atoms with E-state index in [4.69, 9.17) is 16.3 Å². The molecule has 0 radical (unpaired) electrons. The van der Waals surface area contributed by atoms with Gasteiger partial charge in [0.15, 0.2) is 0 Å². The summed E-state index contributed by atoms with van der Waals surface area (Å²) < 4.78 is 5.28. The molecule has 0 bridgehead atoms. The van der Waals surface area contributed by atoms with Gasteiger partial charge < -0.3 is 20.7 Å². The number of hydrogen-bond acceptors (Lipinski definition) is 4. The van der Waals surface area contributed by atoms with E-state index in [2.05, 4.69) is 20.9 Å². The van der Waals surface area contributed by atoms with Gasteiger partial charge in [0.25, 0.3) is 0 Å². The highest BCUT2D eigenvalue weighted by molar-refractivity contribution is 6.31. The number of amides is 2. The number of benzene rings is 1. The molecule has 1 heterocycles. The van der Waals surface area contributed by atoms with E-state index >= 15 is 0 Å². The molecule has 6 nitrogen and oxygen atoms in total. The number of urea groups is 1. The van der Waals surface area contributed by atoms with Crippen LogP contribution in [0.15, 0.2) is 36.5 Å². The minimum absolute atomic E-state index is 0.202. The van der Waals surface area contributed by atoms with Crippen LogP contribution in [-0.2, 0) is 0 Å². The first-order valence-electron chi connectivity index (χ1n) is 7.28. The second-order valence-electron chi connectivity index (χ2n) is 5.27. The quantitative estimate of drug-likeness (QED) is 0.779. The molecule has 0 aliphatic heterocycles. The Bertz CT molecular complexity index is 702. The molecular weight excluding hydrogens is 316 g/mol. The van der Waals surface area contributed by atoms with Crippen LogP contribution in [0.5, 0.6) is 5.75 Å². The lowest BCUT2D eigenvalue weighted by atomic mass is 10.3. The minimum atomic E-state index is -0.202. The fourth-order valence-electron chi connectivity index (χ4n) is 2.04. The van der Waals surface area contributed by atoms with Crippen molar-refractivity contribution < 1.29 is 9.53 Å². The maximum atomic E-state index is 11.7. The molecule has 1 aliphatic rings. The van der Waals surface area contributed by atoms with Crippen molar-refractivity contribution in [3.8, 4) is 5.75 Å². The molecule has 1 saturated carbocycles. The van der Waals surface area contributed by atoms with Gasteiger partial charge >= 0.3 is 6.03 Å². The van der Waals surface area contributed by atoms with Gasteiger partial charge in [-0.1, -0.05) is 11.6 Å². The Balaban J connectivity index is 1.65. The van der Waals surface area contributed by atoms with Gasteiger partial charge in [-0.05, 0) is 43.2 Å². The molecule has 3 N–H and O–H groups in total. The molecule has 2 amide bonds. The van der Waals surface area contributed by atoms with E-state index in [1.54, 1.807) is 43.6 Å². The SMILES string of the molecule is COc1ccc(Cl)cc1Nc1ccc(NC(=O)NC2CC2)cn1. The highest BCUT2D eigenvalue weighted by atomic mass is 35.5. The van der Waals surface area contributed by atoms with E-state index < -0.39 is 0 Å². The summed E-state index contributed by atoms with van der Waals surface area (Å²) >= 11 is 6.00. The van der Waals surface area contributed by atoms with Crippen LogP contribution in [0.3, 0.4) is 0 Å². The number of rotatable bonds is 5. The summed E-state index contributed by atoms with van der Waals surface area (Å²) in [7, 11) is 1.59. The number of carbonyl (C=O) groups excluding carboxylic acids is 1. The lowest BCUT2D eigenvalue weighted by Gasteiger charge is -2.11. The normalized spacial score (nSPS) is 13.3. The molecular formula is C16H17ClN4O2. The van der Waals surface area contributed by atoms with Gasteiger partial charge in [-0.25, -0.2) is 9.78 Å². The highest BCUT2D eigenvalue weighted by Gasteiger charge is 2.23. The summed E-state index contributed by atoms with van der Waals surface area (Å²) in [5.41, 5.74) is 1.35. The summed E-state index contributed by atoms with van der Waals surface area (Å²) in [5, 5.41) is 9.34. The molecule has 2 aromatic rings. The fraction of sp³-hybridized carbons (Fsp3) is 0.250. The van der Waals surface area contributed by atoms with Crippen LogP contribution in [0, 0.1) is 0 Å². The van der Waals surface area contributed by atoms with Crippen molar-refractivity contribution in [3.63, 3.8) is 0 Å². The largest absolute Gasteiger partial charge is 0.495 e. The van der Waals surface area contributed by atoms with Crippen molar-refractivity contribution in [2.24, 2.45) is 0 Å². The molecule has 0 unspecified atom stereocenters. The first-order chi connectivity index (χ1) is 11.1. The van der Waals surface area contributed by atoms with Crippen LogP contribution in [0.25, 0.3) is 0 Å². The lowest BCUT2D eigenvalue weighted by molar-refractivity contribution is 0.251. The van der Waals surface area contributed by atoms with Gasteiger partial charge in [0.1, 0.15) is 11.6 Å². The van der Waals surface area contributed by atoms with Crippen LogP contribution in [0.1, 0.15) is 12.8 Å². The summed E-state index contributed by atoms with van der Waals surface area (Å²) in [6, 6.07) is 8.96. The Hall–Kier alpha value is -2.47. The van der Waals surface area contributed by atoms with Crippen molar-refractivity contribution in [1.82, 2.24) is 10.3 Å². The first kappa shape index (κ1) is 15.4. The standard InChI is InChI=1S/C16H17ClN4O2/c1-23-14-6-2-10(17)8-13(14)21-15-7-5-12(9-18-15)20-16(22)19-11-3-4-11/h2,5-9,11H,3-4H2,1H3,(H,18,21)(H2,19,20,22). The Kier molecular flexibility index (Phi) is 4.52. The topological polar surface area (TPSA) is 75.3 Å². The summed E-state index contributed by atoms with van der Waals surface area (Å²) in [5.74, 6) is 1.29. The maximum absolute atomic E-state index is 11.7. The van der Waals surface area contributed by atoms with E-state index in [9.17, 15) is 4.79 Å². The van der Waals surface area contributed by atoms with Crippen molar-refractivity contribution in [2.75, 3.05) is 17.7 Å². The molecule has 0 saturated heterocycles. The molecule has 120 valence electrons.